The summed E-state index contributed by atoms with van der Waals surface area (Å²) in [5.74, 6) is -0.156. The van der Waals surface area contributed by atoms with Crippen LogP contribution in [-0.4, -0.2) is 32.0 Å². The summed E-state index contributed by atoms with van der Waals surface area (Å²) in [7, 11) is 1.42. The molecule has 1 aliphatic heterocycles. The first kappa shape index (κ1) is 14.9. The van der Waals surface area contributed by atoms with Gasteiger partial charge < -0.3 is 9.64 Å². The fraction of sp³-hybridized carbons (Fsp3) is 0.467. The van der Waals surface area contributed by atoms with Crippen LogP contribution in [-0.2, 0) is 9.53 Å². The van der Waals surface area contributed by atoms with Crippen LogP contribution in [0.15, 0.2) is 18.2 Å². The Morgan fingerprint density at radius 2 is 1.95 bits per heavy atom. The highest BCUT2D eigenvalue weighted by molar-refractivity contribution is 6.33. The molecule has 0 bridgehead atoms. The standard InChI is InChI=1S/C15H18ClNO3/c1-10(18)12-3-4-14(13(16)9-12)17-7-5-11(6-8-17)15(19)20-2/h3-4,9,11H,5-8H2,1-2H3. The fourth-order valence-corrected chi connectivity index (χ4v) is 2.81. The van der Waals surface area contributed by atoms with Crippen molar-refractivity contribution >= 4 is 29.0 Å². The lowest BCUT2D eigenvalue weighted by Crippen LogP contribution is -2.36. The summed E-state index contributed by atoms with van der Waals surface area (Å²) in [6, 6.07) is 5.36. The number of piperidine rings is 1. The van der Waals surface area contributed by atoms with E-state index in [4.69, 9.17) is 16.3 Å². The molecule has 20 heavy (non-hydrogen) atoms. The number of ether oxygens (including phenoxy) is 1. The number of hydrogen-bond donors (Lipinski definition) is 0. The zero-order chi connectivity index (χ0) is 14.7. The number of hydrogen-bond acceptors (Lipinski definition) is 4. The van der Waals surface area contributed by atoms with Gasteiger partial charge in [-0.3, -0.25) is 9.59 Å². The Morgan fingerprint density at radius 3 is 2.45 bits per heavy atom. The number of methoxy groups -OCH3 is 1. The highest BCUT2D eigenvalue weighted by Gasteiger charge is 2.26. The molecule has 1 fully saturated rings. The van der Waals surface area contributed by atoms with E-state index in [0.717, 1.165) is 31.6 Å². The lowest BCUT2D eigenvalue weighted by atomic mass is 9.96. The average molecular weight is 296 g/mol. The number of esters is 1. The van der Waals surface area contributed by atoms with E-state index >= 15 is 0 Å². The van der Waals surface area contributed by atoms with Gasteiger partial charge >= 0.3 is 5.97 Å². The second-order valence-corrected chi connectivity index (χ2v) is 5.41. The summed E-state index contributed by atoms with van der Waals surface area (Å²) < 4.78 is 4.78. The van der Waals surface area contributed by atoms with Crippen molar-refractivity contribution in [1.82, 2.24) is 0 Å². The molecular weight excluding hydrogens is 278 g/mol. The number of benzene rings is 1. The van der Waals surface area contributed by atoms with Crippen molar-refractivity contribution in [3.8, 4) is 0 Å². The Hall–Kier alpha value is -1.55. The zero-order valence-corrected chi connectivity index (χ0v) is 12.4. The number of ketones is 1. The topological polar surface area (TPSA) is 46.6 Å². The SMILES string of the molecule is COC(=O)C1CCN(c2ccc(C(C)=O)cc2Cl)CC1. The van der Waals surface area contributed by atoms with Gasteiger partial charge in [0.15, 0.2) is 5.78 Å². The summed E-state index contributed by atoms with van der Waals surface area (Å²) >= 11 is 6.25. The van der Waals surface area contributed by atoms with Crippen LogP contribution < -0.4 is 4.90 Å². The third-order valence-corrected chi connectivity index (χ3v) is 4.03. The van der Waals surface area contributed by atoms with Gasteiger partial charge in [0.2, 0.25) is 0 Å². The Balaban J connectivity index is 2.07. The van der Waals surface area contributed by atoms with E-state index in [0.29, 0.717) is 10.6 Å². The normalized spacial score (nSPS) is 16.1. The smallest absolute Gasteiger partial charge is 0.308 e. The Labute approximate surface area is 123 Å². The van der Waals surface area contributed by atoms with E-state index in [2.05, 4.69) is 4.90 Å². The predicted molar refractivity (Wildman–Crippen MR) is 78.4 cm³/mol. The molecule has 0 unspecified atom stereocenters. The van der Waals surface area contributed by atoms with E-state index in [1.54, 1.807) is 12.1 Å². The van der Waals surface area contributed by atoms with Crippen LogP contribution >= 0.6 is 11.6 Å². The van der Waals surface area contributed by atoms with Crippen molar-refractivity contribution in [2.24, 2.45) is 5.92 Å². The van der Waals surface area contributed by atoms with Crippen molar-refractivity contribution in [1.29, 1.82) is 0 Å². The Bertz CT molecular complexity index is 522. The average Bonchev–Trinajstić information content (AvgIpc) is 2.46. The van der Waals surface area contributed by atoms with Gasteiger partial charge in [0.25, 0.3) is 0 Å². The second-order valence-electron chi connectivity index (χ2n) is 5.01. The molecule has 1 saturated heterocycles. The minimum Gasteiger partial charge on any atom is -0.469 e. The molecule has 5 heteroatoms. The number of anilines is 1. The van der Waals surface area contributed by atoms with Gasteiger partial charge in [0.1, 0.15) is 0 Å². The summed E-state index contributed by atoms with van der Waals surface area (Å²) in [5.41, 5.74) is 1.53. The third kappa shape index (κ3) is 3.12. The molecule has 0 saturated carbocycles. The van der Waals surface area contributed by atoms with Gasteiger partial charge in [0, 0.05) is 18.7 Å². The first-order valence-corrected chi connectivity index (χ1v) is 7.04. The largest absolute Gasteiger partial charge is 0.469 e. The maximum atomic E-state index is 11.5. The number of carbonyl (C=O) groups excluding carboxylic acids is 2. The molecule has 0 atom stereocenters. The molecule has 108 valence electrons. The number of nitrogens with zero attached hydrogens (tertiary/aromatic N) is 1. The van der Waals surface area contributed by atoms with Crippen LogP contribution in [0, 0.1) is 5.92 Å². The molecule has 1 aliphatic rings. The van der Waals surface area contributed by atoms with Gasteiger partial charge in [-0.15, -0.1) is 0 Å². The van der Waals surface area contributed by atoms with Crippen molar-refractivity contribution in [2.75, 3.05) is 25.1 Å². The van der Waals surface area contributed by atoms with Gasteiger partial charge in [0.05, 0.1) is 23.7 Å². The Kier molecular flexibility index (Phi) is 4.65. The highest BCUT2D eigenvalue weighted by Crippen LogP contribution is 2.30. The van der Waals surface area contributed by atoms with Crippen LogP contribution in [0.5, 0.6) is 0 Å². The van der Waals surface area contributed by atoms with E-state index < -0.39 is 0 Å². The second kappa shape index (κ2) is 6.27. The molecule has 1 aromatic carbocycles. The van der Waals surface area contributed by atoms with Gasteiger partial charge in [-0.05, 0) is 38.0 Å². The number of carbonyl (C=O) groups is 2. The monoisotopic (exact) mass is 295 g/mol. The molecule has 0 N–H and O–H groups in total. The predicted octanol–water partition coefficient (Wildman–Crippen LogP) is 2.93. The van der Waals surface area contributed by atoms with Crippen LogP contribution in [0.4, 0.5) is 5.69 Å². The first-order chi connectivity index (χ1) is 9.52. The van der Waals surface area contributed by atoms with Gasteiger partial charge in [-0.25, -0.2) is 0 Å². The van der Waals surface area contributed by atoms with Crippen molar-refractivity contribution < 1.29 is 14.3 Å². The lowest BCUT2D eigenvalue weighted by molar-refractivity contribution is -0.146. The van der Waals surface area contributed by atoms with Gasteiger partial charge in [-0.1, -0.05) is 11.6 Å². The molecule has 0 aromatic heterocycles. The minimum atomic E-state index is -0.136. The highest BCUT2D eigenvalue weighted by atomic mass is 35.5. The molecule has 1 heterocycles. The fourth-order valence-electron chi connectivity index (χ4n) is 2.51. The van der Waals surface area contributed by atoms with E-state index in [-0.39, 0.29) is 17.7 Å². The zero-order valence-electron chi connectivity index (χ0n) is 11.7. The molecular formula is C15H18ClNO3. The quantitative estimate of drug-likeness (QED) is 0.635. The number of rotatable bonds is 3. The minimum absolute atomic E-state index is 0.00264. The molecule has 0 spiro atoms. The molecule has 2 rings (SSSR count). The molecule has 0 aliphatic carbocycles. The van der Waals surface area contributed by atoms with Gasteiger partial charge in [-0.2, -0.15) is 0 Å². The van der Waals surface area contributed by atoms with Crippen molar-refractivity contribution in [3.05, 3.63) is 28.8 Å². The summed E-state index contributed by atoms with van der Waals surface area (Å²) in [6.07, 6.45) is 1.52. The molecule has 0 amide bonds. The van der Waals surface area contributed by atoms with Crippen molar-refractivity contribution in [3.63, 3.8) is 0 Å². The van der Waals surface area contributed by atoms with Crippen LogP contribution in [0.1, 0.15) is 30.1 Å². The summed E-state index contributed by atoms with van der Waals surface area (Å²) in [6.45, 7) is 3.05. The lowest BCUT2D eigenvalue weighted by Gasteiger charge is -2.33. The van der Waals surface area contributed by atoms with E-state index in [1.807, 2.05) is 6.07 Å². The maximum Gasteiger partial charge on any atom is 0.308 e. The summed E-state index contributed by atoms with van der Waals surface area (Å²) in [4.78, 5) is 24.9. The third-order valence-electron chi connectivity index (χ3n) is 3.72. The van der Waals surface area contributed by atoms with Crippen LogP contribution in [0.25, 0.3) is 0 Å². The van der Waals surface area contributed by atoms with E-state index in [9.17, 15) is 9.59 Å². The molecule has 0 radical (unpaired) electrons. The number of halogens is 1. The Morgan fingerprint density at radius 1 is 1.30 bits per heavy atom. The number of Topliss-reactive ketones (excluding diaryl/α,β-unsaturated/α-hetero) is 1. The van der Waals surface area contributed by atoms with E-state index in [1.165, 1.54) is 14.0 Å². The maximum absolute atomic E-state index is 11.5. The molecule has 1 aromatic rings. The molecule has 4 nitrogen and oxygen atoms in total. The van der Waals surface area contributed by atoms with Crippen LogP contribution in [0.3, 0.4) is 0 Å². The first-order valence-electron chi connectivity index (χ1n) is 6.66. The summed E-state index contributed by atoms with van der Waals surface area (Å²) in [5, 5.41) is 0.578. The van der Waals surface area contributed by atoms with Crippen LogP contribution in [0.2, 0.25) is 5.02 Å². The van der Waals surface area contributed by atoms with Crippen molar-refractivity contribution in [2.45, 2.75) is 19.8 Å².